The van der Waals surface area contributed by atoms with Crippen molar-refractivity contribution in [1.29, 1.82) is 0 Å². The fourth-order valence-electron chi connectivity index (χ4n) is 1.88. The Morgan fingerprint density at radius 3 is 2.63 bits per heavy atom. The van der Waals surface area contributed by atoms with Crippen LogP contribution < -0.4 is 10.1 Å². The molecule has 0 radical (unpaired) electrons. The maximum Gasteiger partial charge on any atom is 0.119 e. The van der Waals surface area contributed by atoms with E-state index in [1.165, 1.54) is 9.75 Å². The monoisotopic (exact) mass is 275 g/mol. The molecule has 0 aliphatic rings. The minimum atomic E-state index is 0.393. The van der Waals surface area contributed by atoms with E-state index in [0.717, 1.165) is 18.7 Å². The van der Waals surface area contributed by atoms with Gasteiger partial charge in [0, 0.05) is 22.3 Å². The van der Waals surface area contributed by atoms with Crippen LogP contribution in [0.1, 0.15) is 29.6 Å². The molecule has 0 saturated heterocycles. The second kappa shape index (κ2) is 7.31. The summed E-state index contributed by atoms with van der Waals surface area (Å²) in [5.74, 6) is 0.932. The quantitative estimate of drug-likeness (QED) is 0.770. The lowest BCUT2D eigenvalue weighted by molar-refractivity contribution is 0.308. The van der Waals surface area contributed by atoms with E-state index in [-0.39, 0.29) is 0 Å². The molecule has 1 unspecified atom stereocenters. The molecule has 0 spiro atoms. The predicted octanol–water partition coefficient (Wildman–Crippen LogP) is 4.04. The number of aryl methyl sites for hydroxylation is 1. The minimum Gasteiger partial charge on any atom is -0.492 e. The Bertz CT molecular complexity index is 481. The first-order chi connectivity index (χ1) is 9.29. The zero-order chi connectivity index (χ0) is 13.5. The van der Waals surface area contributed by atoms with E-state index in [1.54, 1.807) is 0 Å². The Morgan fingerprint density at radius 2 is 1.95 bits per heavy atom. The predicted molar refractivity (Wildman–Crippen MR) is 82.1 cm³/mol. The number of nitrogens with one attached hydrogen (secondary N) is 1. The van der Waals surface area contributed by atoms with Crippen LogP contribution in [0.3, 0.4) is 0 Å². The summed E-state index contributed by atoms with van der Waals surface area (Å²) in [4.78, 5) is 2.85. The highest BCUT2D eigenvalue weighted by atomic mass is 32.1. The molecule has 0 bridgehead atoms. The van der Waals surface area contributed by atoms with Gasteiger partial charge in [0.15, 0.2) is 0 Å². The van der Waals surface area contributed by atoms with Gasteiger partial charge in [0.2, 0.25) is 0 Å². The van der Waals surface area contributed by atoms with E-state index in [9.17, 15) is 0 Å². The summed E-state index contributed by atoms with van der Waals surface area (Å²) >= 11 is 1.89. The number of hydrogen-bond donors (Lipinski definition) is 1. The van der Waals surface area contributed by atoms with Crippen molar-refractivity contribution >= 4 is 11.3 Å². The van der Waals surface area contributed by atoms with E-state index >= 15 is 0 Å². The average molecular weight is 275 g/mol. The summed E-state index contributed by atoms with van der Waals surface area (Å²) in [6.07, 6.45) is 1.12. The molecule has 2 rings (SSSR count). The second-order valence-corrected chi connectivity index (χ2v) is 5.69. The summed E-state index contributed by atoms with van der Waals surface area (Å²) in [5, 5.41) is 3.49. The number of rotatable bonds is 7. The Hall–Kier alpha value is -1.32. The summed E-state index contributed by atoms with van der Waals surface area (Å²) in [6.45, 7) is 5.95. The smallest absolute Gasteiger partial charge is 0.119 e. The average Bonchev–Trinajstić information content (AvgIpc) is 2.93. The Morgan fingerprint density at radius 1 is 1.16 bits per heavy atom. The lowest BCUT2D eigenvalue weighted by Crippen LogP contribution is -2.23. The highest BCUT2D eigenvalue weighted by Crippen LogP contribution is 2.23. The van der Waals surface area contributed by atoms with Crippen LogP contribution in [0.2, 0.25) is 0 Å². The molecule has 0 aliphatic heterocycles. The maximum atomic E-state index is 5.66. The van der Waals surface area contributed by atoms with Gasteiger partial charge in [-0.15, -0.1) is 11.3 Å². The standard InChI is InChI=1S/C16H21NOS/c1-3-15-9-10-16(19-15)13(2)17-11-12-18-14-7-5-4-6-8-14/h4-10,13,17H,3,11-12H2,1-2H3. The zero-order valence-corrected chi connectivity index (χ0v) is 12.4. The van der Waals surface area contributed by atoms with Crippen LogP contribution >= 0.6 is 11.3 Å². The van der Waals surface area contributed by atoms with Crippen molar-refractivity contribution in [1.82, 2.24) is 5.32 Å². The fourth-order valence-corrected chi connectivity index (χ4v) is 2.86. The van der Waals surface area contributed by atoms with Crippen LogP contribution in [-0.4, -0.2) is 13.2 Å². The van der Waals surface area contributed by atoms with Gasteiger partial charge in [-0.3, -0.25) is 0 Å². The summed E-state index contributed by atoms with van der Waals surface area (Å²) in [7, 11) is 0. The Kier molecular flexibility index (Phi) is 5.43. The molecular weight excluding hydrogens is 254 g/mol. The minimum absolute atomic E-state index is 0.393. The fraction of sp³-hybridized carbons (Fsp3) is 0.375. The topological polar surface area (TPSA) is 21.3 Å². The van der Waals surface area contributed by atoms with E-state index in [2.05, 4.69) is 31.3 Å². The molecule has 0 aliphatic carbocycles. The lowest BCUT2D eigenvalue weighted by atomic mass is 10.2. The van der Waals surface area contributed by atoms with E-state index < -0.39 is 0 Å². The van der Waals surface area contributed by atoms with Crippen molar-refractivity contribution in [3.8, 4) is 5.75 Å². The number of benzene rings is 1. The third-order valence-corrected chi connectivity index (χ3v) is 4.43. The van der Waals surface area contributed by atoms with Crippen LogP contribution in [0.25, 0.3) is 0 Å². The van der Waals surface area contributed by atoms with Crippen molar-refractivity contribution < 1.29 is 4.74 Å². The van der Waals surface area contributed by atoms with Gasteiger partial charge < -0.3 is 10.1 Å². The van der Waals surface area contributed by atoms with Crippen molar-refractivity contribution in [2.45, 2.75) is 26.3 Å². The molecule has 0 saturated carbocycles. The van der Waals surface area contributed by atoms with E-state index in [4.69, 9.17) is 4.74 Å². The van der Waals surface area contributed by atoms with Gasteiger partial charge in [-0.2, -0.15) is 0 Å². The van der Waals surface area contributed by atoms with Gasteiger partial charge in [0.25, 0.3) is 0 Å². The molecule has 1 atom stereocenters. The molecular formula is C16H21NOS. The molecule has 102 valence electrons. The number of thiophene rings is 1. The Balaban J connectivity index is 1.70. The zero-order valence-electron chi connectivity index (χ0n) is 11.6. The number of hydrogen-bond acceptors (Lipinski definition) is 3. The highest BCUT2D eigenvalue weighted by Gasteiger charge is 2.07. The molecule has 3 heteroatoms. The summed E-state index contributed by atoms with van der Waals surface area (Å²) in [5.41, 5.74) is 0. The molecule has 2 nitrogen and oxygen atoms in total. The summed E-state index contributed by atoms with van der Waals surface area (Å²) < 4.78 is 5.66. The molecule has 1 heterocycles. The molecule has 2 aromatic rings. The largest absolute Gasteiger partial charge is 0.492 e. The van der Waals surface area contributed by atoms with Crippen LogP contribution in [-0.2, 0) is 6.42 Å². The van der Waals surface area contributed by atoms with E-state index in [1.807, 2.05) is 41.7 Å². The molecule has 1 N–H and O–H groups in total. The van der Waals surface area contributed by atoms with Crippen molar-refractivity contribution in [2.24, 2.45) is 0 Å². The van der Waals surface area contributed by atoms with E-state index in [0.29, 0.717) is 12.6 Å². The van der Waals surface area contributed by atoms with Crippen LogP contribution in [0.15, 0.2) is 42.5 Å². The van der Waals surface area contributed by atoms with Crippen LogP contribution in [0.4, 0.5) is 0 Å². The lowest BCUT2D eigenvalue weighted by Gasteiger charge is -2.12. The van der Waals surface area contributed by atoms with Gasteiger partial charge in [0.05, 0.1) is 0 Å². The van der Waals surface area contributed by atoms with Crippen molar-refractivity contribution in [3.05, 3.63) is 52.2 Å². The van der Waals surface area contributed by atoms with Gasteiger partial charge in [-0.25, -0.2) is 0 Å². The van der Waals surface area contributed by atoms with Gasteiger partial charge >= 0.3 is 0 Å². The van der Waals surface area contributed by atoms with Gasteiger partial charge in [-0.05, 0) is 37.6 Å². The summed E-state index contributed by atoms with van der Waals surface area (Å²) in [6, 6.07) is 14.8. The van der Waals surface area contributed by atoms with Crippen molar-refractivity contribution in [3.63, 3.8) is 0 Å². The Labute approximate surface area is 119 Å². The molecule has 1 aromatic carbocycles. The van der Waals surface area contributed by atoms with Gasteiger partial charge in [0.1, 0.15) is 12.4 Å². The van der Waals surface area contributed by atoms with Crippen LogP contribution in [0, 0.1) is 0 Å². The number of para-hydroxylation sites is 1. The first kappa shape index (κ1) is 14.1. The third-order valence-electron chi connectivity index (χ3n) is 3.02. The SMILES string of the molecule is CCc1ccc(C(C)NCCOc2ccccc2)s1. The highest BCUT2D eigenvalue weighted by molar-refractivity contribution is 7.12. The van der Waals surface area contributed by atoms with Gasteiger partial charge in [-0.1, -0.05) is 25.1 Å². The number of ether oxygens (including phenoxy) is 1. The van der Waals surface area contributed by atoms with Crippen molar-refractivity contribution in [2.75, 3.05) is 13.2 Å². The first-order valence-electron chi connectivity index (χ1n) is 6.79. The molecule has 19 heavy (non-hydrogen) atoms. The maximum absolute atomic E-state index is 5.66. The second-order valence-electron chi connectivity index (χ2n) is 4.49. The molecule has 0 amide bonds. The first-order valence-corrected chi connectivity index (χ1v) is 7.61. The van der Waals surface area contributed by atoms with Crippen LogP contribution in [0.5, 0.6) is 5.75 Å². The molecule has 1 aromatic heterocycles. The normalized spacial score (nSPS) is 12.3. The molecule has 0 fully saturated rings. The third kappa shape index (κ3) is 4.37.